The molecule has 0 radical (unpaired) electrons. The zero-order valence-electron chi connectivity index (χ0n) is 16.9. The van der Waals surface area contributed by atoms with E-state index in [2.05, 4.69) is 16.0 Å². The molecule has 9 nitrogen and oxygen atoms in total. The topological polar surface area (TPSA) is 117 Å². The zero-order valence-corrected chi connectivity index (χ0v) is 18.5. The van der Waals surface area contributed by atoms with E-state index >= 15 is 0 Å². The summed E-state index contributed by atoms with van der Waals surface area (Å²) >= 11 is 6.89. The minimum Gasteiger partial charge on any atom is -0.370 e. The number of thiophene rings is 1. The second-order valence-corrected chi connectivity index (χ2v) is 8.54. The largest absolute Gasteiger partial charge is 0.370 e. The smallest absolute Gasteiger partial charge is 0.261 e. The number of ether oxygens (including phenoxy) is 1. The van der Waals surface area contributed by atoms with Gasteiger partial charge in [0.25, 0.3) is 11.8 Å². The molecule has 12 heteroatoms. The summed E-state index contributed by atoms with van der Waals surface area (Å²) in [6.07, 6.45) is 0. The van der Waals surface area contributed by atoms with Crippen LogP contribution in [0.2, 0.25) is 4.34 Å². The first-order chi connectivity index (χ1) is 15.2. The van der Waals surface area contributed by atoms with E-state index in [0.717, 1.165) is 17.4 Å². The van der Waals surface area contributed by atoms with Crippen molar-refractivity contribution in [2.24, 2.45) is 0 Å². The van der Waals surface area contributed by atoms with Crippen molar-refractivity contribution in [1.82, 2.24) is 10.6 Å². The van der Waals surface area contributed by atoms with Crippen LogP contribution in [0.5, 0.6) is 0 Å². The van der Waals surface area contributed by atoms with Gasteiger partial charge in [-0.15, -0.1) is 11.3 Å². The van der Waals surface area contributed by atoms with Crippen molar-refractivity contribution in [3.8, 4) is 0 Å². The van der Waals surface area contributed by atoms with Gasteiger partial charge in [-0.05, 0) is 30.3 Å². The van der Waals surface area contributed by atoms with E-state index in [-0.39, 0.29) is 37.0 Å². The first-order valence-corrected chi connectivity index (χ1v) is 10.7. The maximum absolute atomic E-state index is 14.6. The maximum atomic E-state index is 14.6. The van der Waals surface area contributed by atoms with Gasteiger partial charge in [-0.25, -0.2) is 4.39 Å². The summed E-state index contributed by atoms with van der Waals surface area (Å²) in [7, 11) is 0. The molecule has 0 bridgehead atoms. The van der Waals surface area contributed by atoms with Crippen LogP contribution >= 0.6 is 22.9 Å². The SMILES string of the molecule is CC(=O)N[C@H](CNC(=O)c1ccc(Cl)s1)C(=O)Nc1ccc(N2CCOCC2=O)c(F)c1. The number of morpholine rings is 1. The predicted molar refractivity (Wildman–Crippen MR) is 117 cm³/mol. The molecule has 1 atom stereocenters. The van der Waals surface area contributed by atoms with Crippen LogP contribution in [-0.4, -0.2) is 56.0 Å². The summed E-state index contributed by atoms with van der Waals surface area (Å²) in [5.74, 6) is -2.64. The number of amides is 4. The summed E-state index contributed by atoms with van der Waals surface area (Å²) in [5, 5.41) is 7.51. The van der Waals surface area contributed by atoms with Crippen LogP contribution in [0.1, 0.15) is 16.6 Å². The third-order valence-electron chi connectivity index (χ3n) is 4.45. The summed E-state index contributed by atoms with van der Waals surface area (Å²) in [6, 6.07) is 5.91. The quantitative estimate of drug-likeness (QED) is 0.556. The van der Waals surface area contributed by atoms with Crippen molar-refractivity contribution in [2.45, 2.75) is 13.0 Å². The Balaban J connectivity index is 1.66. The van der Waals surface area contributed by atoms with Crippen LogP contribution in [0.15, 0.2) is 30.3 Å². The normalized spacial score (nSPS) is 14.6. The number of hydrogen-bond donors (Lipinski definition) is 3. The van der Waals surface area contributed by atoms with Crippen molar-refractivity contribution in [3.05, 3.63) is 45.4 Å². The van der Waals surface area contributed by atoms with E-state index in [1.807, 2.05) is 0 Å². The lowest BCUT2D eigenvalue weighted by Crippen LogP contribution is -2.50. The number of benzene rings is 1. The molecule has 3 rings (SSSR count). The van der Waals surface area contributed by atoms with E-state index in [9.17, 15) is 23.6 Å². The number of halogens is 2. The number of rotatable bonds is 7. The first-order valence-electron chi connectivity index (χ1n) is 9.53. The van der Waals surface area contributed by atoms with E-state index in [1.54, 1.807) is 12.1 Å². The van der Waals surface area contributed by atoms with E-state index in [1.165, 1.54) is 24.0 Å². The molecule has 2 heterocycles. The second-order valence-electron chi connectivity index (χ2n) is 6.82. The lowest BCUT2D eigenvalue weighted by molar-refractivity contribution is -0.125. The molecule has 1 fully saturated rings. The summed E-state index contributed by atoms with van der Waals surface area (Å²) in [5.41, 5.74) is 0.209. The van der Waals surface area contributed by atoms with Gasteiger partial charge in [-0.1, -0.05) is 11.6 Å². The molecule has 1 saturated heterocycles. The molecule has 0 spiro atoms. The monoisotopic (exact) mass is 482 g/mol. The molecular weight excluding hydrogens is 463 g/mol. The minimum absolute atomic E-state index is 0.0802. The van der Waals surface area contributed by atoms with Gasteiger partial charge >= 0.3 is 0 Å². The Morgan fingerprint density at radius 3 is 2.69 bits per heavy atom. The van der Waals surface area contributed by atoms with Crippen LogP contribution in [-0.2, 0) is 19.1 Å². The van der Waals surface area contributed by atoms with Crippen LogP contribution in [0.4, 0.5) is 15.8 Å². The maximum Gasteiger partial charge on any atom is 0.261 e. The average molecular weight is 483 g/mol. The molecule has 2 aromatic rings. The van der Waals surface area contributed by atoms with Crippen LogP contribution < -0.4 is 20.9 Å². The van der Waals surface area contributed by atoms with Gasteiger partial charge in [0.1, 0.15) is 18.5 Å². The summed E-state index contributed by atoms with van der Waals surface area (Å²) < 4.78 is 20.1. The molecule has 1 aliphatic heterocycles. The van der Waals surface area contributed by atoms with Gasteiger partial charge in [0.05, 0.1) is 21.5 Å². The molecule has 3 N–H and O–H groups in total. The minimum atomic E-state index is -1.10. The van der Waals surface area contributed by atoms with Gasteiger partial charge in [0.2, 0.25) is 11.8 Å². The molecule has 4 amide bonds. The highest BCUT2D eigenvalue weighted by molar-refractivity contribution is 7.18. The molecule has 32 heavy (non-hydrogen) atoms. The molecular formula is C20H20ClFN4O5S. The van der Waals surface area contributed by atoms with Crippen molar-refractivity contribution in [2.75, 3.05) is 36.5 Å². The summed E-state index contributed by atoms with van der Waals surface area (Å²) in [4.78, 5) is 49.9. The fourth-order valence-electron chi connectivity index (χ4n) is 2.98. The number of anilines is 2. The Morgan fingerprint density at radius 2 is 2.06 bits per heavy atom. The van der Waals surface area contributed by atoms with Gasteiger partial charge in [-0.2, -0.15) is 0 Å². The van der Waals surface area contributed by atoms with E-state index in [0.29, 0.717) is 15.8 Å². The fourth-order valence-corrected chi connectivity index (χ4v) is 3.94. The van der Waals surface area contributed by atoms with Gasteiger partial charge in [0.15, 0.2) is 0 Å². The summed E-state index contributed by atoms with van der Waals surface area (Å²) in [6.45, 7) is 1.43. The molecule has 170 valence electrons. The third kappa shape index (κ3) is 6.02. The molecule has 1 aromatic carbocycles. The average Bonchev–Trinajstić information content (AvgIpc) is 3.18. The van der Waals surface area contributed by atoms with E-state index < -0.39 is 29.6 Å². The van der Waals surface area contributed by atoms with Crippen LogP contribution in [0.25, 0.3) is 0 Å². The Bertz CT molecular complexity index is 1050. The van der Waals surface area contributed by atoms with Gasteiger partial charge in [0, 0.05) is 25.7 Å². The third-order valence-corrected chi connectivity index (χ3v) is 5.68. The number of nitrogens with zero attached hydrogens (tertiary/aromatic N) is 1. The van der Waals surface area contributed by atoms with Gasteiger partial charge in [-0.3, -0.25) is 19.2 Å². The Hall–Kier alpha value is -3.02. The molecule has 0 unspecified atom stereocenters. The van der Waals surface area contributed by atoms with Crippen LogP contribution in [0.3, 0.4) is 0 Å². The first kappa shape index (κ1) is 23.6. The predicted octanol–water partition coefficient (Wildman–Crippen LogP) is 1.78. The number of carbonyl (C=O) groups excluding carboxylic acids is 4. The molecule has 1 aromatic heterocycles. The lowest BCUT2D eigenvalue weighted by Gasteiger charge is -2.27. The Kier molecular flexibility index (Phi) is 7.78. The molecule has 0 aliphatic carbocycles. The van der Waals surface area contributed by atoms with Crippen molar-refractivity contribution >= 4 is 57.9 Å². The van der Waals surface area contributed by atoms with Crippen molar-refractivity contribution < 1.29 is 28.3 Å². The number of carbonyl (C=O) groups is 4. The van der Waals surface area contributed by atoms with Crippen LogP contribution in [0, 0.1) is 5.82 Å². The highest BCUT2D eigenvalue weighted by Gasteiger charge is 2.24. The highest BCUT2D eigenvalue weighted by atomic mass is 35.5. The number of hydrogen-bond acceptors (Lipinski definition) is 6. The standard InChI is InChI=1S/C20H20ClFN4O5S/c1-11(27)24-14(9-23-20(30)16-4-5-17(21)32-16)19(29)25-12-2-3-15(13(22)8-12)26-6-7-31-10-18(26)28/h2-5,8,14H,6-7,9-10H2,1H3,(H,23,30)(H,24,27)(H,25,29)/t14-/m1/s1. The molecule has 1 aliphatic rings. The highest BCUT2D eigenvalue weighted by Crippen LogP contribution is 2.24. The zero-order chi connectivity index (χ0) is 23.3. The lowest BCUT2D eigenvalue weighted by atomic mass is 10.2. The Morgan fingerprint density at radius 1 is 1.28 bits per heavy atom. The molecule has 0 saturated carbocycles. The van der Waals surface area contributed by atoms with Crippen molar-refractivity contribution in [1.29, 1.82) is 0 Å². The van der Waals surface area contributed by atoms with E-state index in [4.69, 9.17) is 16.3 Å². The fraction of sp³-hybridized carbons (Fsp3) is 0.300. The van der Waals surface area contributed by atoms with Crippen molar-refractivity contribution in [3.63, 3.8) is 0 Å². The number of nitrogens with one attached hydrogen (secondary N) is 3. The Labute approximate surface area is 191 Å². The second kappa shape index (κ2) is 10.5. The van der Waals surface area contributed by atoms with Gasteiger partial charge < -0.3 is 25.6 Å².